The Morgan fingerprint density at radius 3 is 2.77 bits per heavy atom. The summed E-state index contributed by atoms with van der Waals surface area (Å²) in [6, 6.07) is 12.0. The molecule has 0 radical (unpaired) electrons. The maximum Gasteiger partial charge on any atom is 0.253 e. The van der Waals surface area contributed by atoms with Gasteiger partial charge in [0.25, 0.3) is 5.91 Å². The average Bonchev–Trinajstić information content (AvgIpc) is 3.30. The van der Waals surface area contributed by atoms with Crippen LogP contribution in [0.3, 0.4) is 0 Å². The molecule has 0 saturated carbocycles. The molecule has 1 atom stereocenters. The van der Waals surface area contributed by atoms with Crippen LogP contribution in [0, 0.1) is 0 Å². The predicted octanol–water partition coefficient (Wildman–Crippen LogP) is 3.20. The smallest absolute Gasteiger partial charge is 0.253 e. The molecule has 1 unspecified atom stereocenters. The van der Waals surface area contributed by atoms with Gasteiger partial charge in [0.05, 0.1) is 5.56 Å². The molecule has 0 aliphatic carbocycles. The number of carbonyl (C=O) groups excluding carboxylic acids is 2. The van der Waals surface area contributed by atoms with Crippen molar-refractivity contribution in [2.24, 2.45) is 0 Å². The van der Waals surface area contributed by atoms with Gasteiger partial charge in [-0.3, -0.25) is 9.59 Å². The van der Waals surface area contributed by atoms with Crippen LogP contribution in [0.5, 0.6) is 0 Å². The number of pyridine rings is 1. The number of hydrogen-bond acceptors (Lipinski definition) is 5. The molecule has 2 N–H and O–H groups in total. The van der Waals surface area contributed by atoms with E-state index in [-0.39, 0.29) is 11.8 Å². The van der Waals surface area contributed by atoms with Crippen molar-refractivity contribution in [2.75, 3.05) is 12.0 Å². The highest BCUT2D eigenvalue weighted by Gasteiger charge is 2.22. The number of amides is 2. The predicted molar refractivity (Wildman–Crippen MR) is 122 cm³/mol. The van der Waals surface area contributed by atoms with Gasteiger partial charge >= 0.3 is 0 Å². The number of carbonyl (C=O) groups is 2. The van der Waals surface area contributed by atoms with E-state index in [1.165, 1.54) is 0 Å². The normalized spacial score (nSPS) is 11.7. The van der Waals surface area contributed by atoms with Crippen molar-refractivity contribution >= 4 is 39.5 Å². The Balaban J connectivity index is 1.65. The number of aromatic nitrogens is 3. The van der Waals surface area contributed by atoms with Crippen LogP contribution in [0.4, 0.5) is 0 Å². The van der Waals surface area contributed by atoms with Crippen molar-refractivity contribution in [3.63, 3.8) is 0 Å². The second-order valence-electron chi connectivity index (χ2n) is 6.48. The fourth-order valence-electron chi connectivity index (χ4n) is 2.80. The molecule has 2 amide bonds. The fourth-order valence-corrected chi connectivity index (χ4v) is 3.73. The van der Waals surface area contributed by atoms with Gasteiger partial charge in [-0.15, -0.1) is 0 Å². The molecular formula is C21H22BrN5O2S. The van der Waals surface area contributed by atoms with Gasteiger partial charge in [0.1, 0.15) is 6.04 Å². The van der Waals surface area contributed by atoms with E-state index in [0.29, 0.717) is 28.8 Å². The summed E-state index contributed by atoms with van der Waals surface area (Å²) >= 11 is 5.01. The van der Waals surface area contributed by atoms with Crippen LogP contribution in [0.1, 0.15) is 22.3 Å². The van der Waals surface area contributed by atoms with Gasteiger partial charge in [0, 0.05) is 29.6 Å². The minimum absolute atomic E-state index is 0.220. The average molecular weight is 488 g/mol. The number of halogens is 1. The minimum Gasteiger partial charge on any atom is -0.350 e. The Labute approximate surface area is 187 Å². The largest absolute Gasteiger partial charge is 0.350 e. The quantitative estimate of drug-likeness (QED) is 0.483. The van der Waals surface area contributed by atoms with Gasteiger partial charge in [-0.25, -0.2) is 9.67 Å². The summed E-state index contributed by atoms with van der Waals surface area (Å²) in [5.74, 6) is 0.927. The first-order chi connectivity index (χ1) is 14.6. The van der Waals surface area contributed by atoms with Gasteiger partial charge in [-0.2, -0.15) is 16.9 Å². The molecule has 7 nitrogen and oxygen atoms in total. The Kier molecular flexibility index (Phi) is 8.04. The number of rotatable bonds is 9. The van der Waals surface area contributed by atoms with Crippen LogP contribution >= 0.6 is 27.7 Å². The highest BCUT2D eigenvalue weighted by molar-refractivity contribution is 9.10. The molecule has 0 aliphatic heterocycles. The number of thioether (sulfide) groups is 1. The summed E-state index contributed by atoms with van der Waals surface area (Å²) in [4.78, 5) is 29.7. The minimum atomic E-state index is -0.621. The lowest BCUT2D eigenvalue weighted by Gasteiger charge is -2.19. The van der Waals surface area contributed by atoms with Crippen molar-refractivity contribution in [3.05, 3.63) is 76.7 Å². The lowest BCUT2D eigenvalue weighted by Crippen LogP contribution is -2.47. The molecule has 0 bridgehead atoms. The summed E-state index contributed by atoms with van der Waals surface area (Å²) < 4.78 is 2.35. The monoisotopic (exact) mass is 487 g/mol. The van der Waals surface area contributed by atoms with Gasteiger partial charge in [0.15, 0.2) is 5.82 Å². The molecule has 9 heteroatoms. The molecule has 0 aliphatic rings. The molecule has 0 saturated heterocycles. The SMILES string of the molecule is CSCCC(NC(=O)c1ccccc1Br)C(=O)NCc1ccnc(-n2cccn2)c1. The van der Waals surface area contributed by atoms with Crippen LogP contribution in [-0.4, -0.2) is 44.6 Å². The molecule has 0 spiro atoms. The zero-order valence-corrected chi connectivity index (χ0v) is 18.8. The molecule has 156 valence electrons. The second kappa shape index (κ2) is 10.9. The van der Waals surface area contributed by atoms with Gasteiger partial charge in [-0.1, -0.05) is 12.1 Å². The topological polar surface area (TPSA) is 88.9 Å². The number of hydrogen-bond donors (Lipinski definition) is 2. The standard InChI is InChI=1S/C21H22BrN5O2S/c1-30-12-8-18(26-20(28)16-5-2-3-6-17(16)22)21(29)24-14-15-7-10-23-19(13-15)27-11-4-9-25-27/h2-7,9-11,13,18H,8,12,14H2,1H3,(H,24,29)(H,26,28). The zero-order chi connectivity index (χ0) is 21.3. The van der Waals surface area contributed by atoms with E-state index in [4.69, 9.17) is 0 Å². The lowest BCUT2D eigenvalue weighted by atomic mass is 10.1. The van der Waals surface area contributed by atoms with E-state index in [1.54, 1.807) is 53.2 Å². The maximum absolute atomic E-state index is 12.8. The third-order valence-corrected chi connectivity index (χ3v) is 5.70. The lowest BCUT2D eigenvalue weighted by molar-refractivity contribution is -0.123. The van der Waals surface area contributed by atoms with E-state index in [9.17, 15) is 9.59 Å². The van der Waals surface area contributed by atoms with E-state index < -0.39 is 6.04 Å². The molecular weight excluding hydrogens is 466 g/mol. The van der Waals surface area contributed by atoms with Crippen molar-refractivity contribution in [1.29, 1.82) is 0 Å². The first kappa shape index (κ1) is 22.0. The molecule has 3 rings (SSSR count). The zero-order valence-electron chi connectivity index (χ0n) is 16.4. The number of nitrogens with zero attached hydrogens (tertiary/aromatic N) is 3. The Morgan fingerprint density at radius 2 is 2.03 bits per heavy atom. The fraction of sp³-hybridized carbons (Fsp3) is 0.238. The summed E-state index contributed by atoms with van der Waals surface area (Å²) in [5, 5.41) is 9.94. The van der Waals surface area contributed by atoms with Crippen LogP contribution < -0.4 is 10.6 Å². The van der Waals surface area contributed by atoms with E-state index in [2.05, 4.69) is 36.6 Å². The molecule has 2 heterocycles. The Bertz CT molecular complexity index is 997. The molecule has 2 aromatic heterocycles. The van der Waals surface area contributed by atoms with Gasteiger partial charge in [0.2, 0.25) is 5.91 Å². The number of nitrogens with one attached hydrogen (secondary N) is 2. The summed E-state index contributed by atoms with van der Waals surface area (Å²) in [7, 11) is 0. The third kappa shape index (κ3) is 5.93. The van der Waals surface area contributed by atoms with Crippen LogP contribution in [-0.2, 0) is 11.3 Å². The third-order valence-electron chi connectivity index (χ3n) is 4.37. The first-order valence-corrected chi connectivity index (χ1v) is 11.5. The van der Waals surface area contributed by atoms with Gasteiger partial charge < -0.3 is 10.6 Å². The van der Waals surface area contributed by atoms with Crippen molar-refractivity contribution in [1.82, 2.24) is 25.4 Å². The van der Waals surface area contributed by atoms with Crippen LogP contribution in [0.15, 0.2) is 65.5 Å². The summed E-state index contributed by atoms with van der Waals surface area (Å²) in [6.45, 7) is 0.330. The maximum atomic E-state index is 12.8. The van der Waals surface area contributed by atoms with E-state index >= 15 is 0 Å². The first-order valence-electron chi connectivity index (χ1n) is 9.35. The highest BCUT2D eigenvalue weighted by atomic mass is 79.9. The Morgan fingerprint density at radius 1 is 1.20 bits per heavy atom. The van der Waals surface area contributed by atoms with Crippen LogP contribution in [0.25, 0.3) is 5.82 Å². The van der Waals surface area contributed by atoms with Crippen LogP contribution in [0.2, 0.25) is 0 Å². The Hall–Kier alpha value is -2.65. The molecule has 30 heavy (non-hydrogen) atoms. The van der Waals surface area contributed by atoms with Crippen molar-refractivity contribution in [2.45, 2.75) is 19.0 Å². The van der Waals surface area contributed by atoms with Crippen molar-refractivity contribution < 1.29 is 9.59 Å². The molecule has 1 aromatic carbocycles. The van der Waals surface area contributed by atoms with Crippen molar-refractivity contribution in [3.8, 4) is 5.82 Å². The summed E-state index contributed by atoms with van der Waals surface area (Å²) in [6.07, 6.45) is 7.68. The molecule has 0 fully saturated rings. The van der Waals surface area contributed by atoms with Gasteiger partial charge in [-0.05, 0) is 70.3 Å². The highest BCUT2D eigenvalue weighted by Crippen LogP contribution is 2.16. The summed E-state index contributed by atoms with van der Waals surface area (Å²) in [5.41, 5.74) is 1.39. The second-order valence-corrected chi connectivity index (χ2v) is 8.32. The van der Waals surface area contributed by atoms with E-state index in [0.717, 1.165) is 11.3 Å². The van der Waals surface area contributed by atoms with E-state index in [1.807, 2.05) is 30.5 Å². The molecule has 3 aromatic rings. The number of benzene rings is 1.